The molecule has 0 saturated heterocycles. The second-order valence-electron chi connectivity index (χ2n) is 5.96. The third-order valence-corrected chi connectivity index (χ3v) is 4.47. The van der Waals surface area contributed by atoms with Crippen LogP contribution in [0.3, 0.4) is 0 Å². The lowest BCUT2D eigenvalue weighted by atomic mass is 9.99. The highest BCUT2D eigenvalue weighted by molar-refractivity contribution is 6.30. The number of nitrogens with zero attached hydrogens (tertiary/aromatic N) is 1. The number of hydroxylamine groups is 2. The topological polar surface area (TPSA) is 49.8 Å². The zero-order chi connectivity index (χ0) is 18.2. The molecule has 2 aromatic rings. The molecule has 0 aliphatic heterocycles. The molecule has 1 N–H and O–H groups in total. The van der Waals surface area contributed by atoms with Gasteiger partial charge in [0, 0.05) is 18.5 Å². The molecular weight excluding hydrogens is 338 g/mol. The van der Waals surface area contributed by atoms with Gasteiger partial charge in [-0.1, -0.05) is 54.4 Å². The minimum Gasteiger partial charge on any atom is -0.388 e. The fourth-order valence-electron chi connectivity index (χ4n) is 2.58. The van der Waals surface area contributed by atoms with Crippen molar-refractivity contribution < 1.29 is 14.7 Å². The molecule has 2 rings (SSSR count). The van der Waals surface area contributed by atoms with Crippen LogP contribution < -0.4 is 0 Å². The number of halogens is 1. The number of unbranched alkanes of at least 4 members (excludes halogenated alkanes) is 1. The summed E-state index contributed by atoms with van der Waals surface area (Å²) in [6.07, 6.45) is 2.04. The van der Waals surface area contributed by atoms with Gasteiger partial charge in [0.25, 0.3) is 0 Å². The maximum absolute atomic E-state index is 11.6. The Bertz CT molecular complexity index is 670. The Morgan fingerprint density at radius 2 is 1.64 bits per heavy atom. The SMILES string of the molecule is CON(C)C(=O)CCCCC(O)c1ccc(-c2ccc(Cl)cc2)cc1. The molecule has 0 saturated carbocycles. The molecule has 0 spiro atoms. The maximum atomic E-state index is 11.6. The van der Waals surface area contributed by atoms with Crippen LogP contribution in [0.25, 0.3) is 11.1 Å². The fraction of sp³-hybridized carbons (Fsp3) is 0.350. The van der Waals surface area contributed by atoms with Crippen LogP contribution in [0.15, 0.2) is 48.5 Å². The van der Waals surface area contributed by atoms with E-state index >= 15 is 0 Å². The molecule has 0 aliphatic rings. The van der Waals surface area contributed by atoms with E-state index in [0.29, 0.717) is 17.9 Å². The maximum Gasteiger partial charge on any atom is 0.245 e. The van der Waals surface area contributed by atoms with Crippen molar-refractivity contribution in [2.75, 3.05) is 14.2 Å². The minimum absolute atomic E-state index is 0.0516. The number of amides is 1. The lowest BCUT2D eigenvalue weighted by Crippen LogP contribution is -2.24. The van der Waals surface area contributed by atoms with Crippen LogP contribution in [0.4, 0.5) is 0 Å². The predicted octanol–water partition coefficient (Wildman–Crippen LogP) is 4.62. The summed E-state index contributed by atoms with van der Waals surface area (Å²) in [5.41, 5.74) is 3.06. The predicted molar refractivity (Wildman–Crippen MR) is 100 cm³/mol. The zero-order valence-electron chi connectivity index (χ0n) is 14.6. The van der Waals surface area contributed by atoms with Crippen molar-refractivity contribution in [3.8, 4) is 11.1 Å². The van der Waals surface area contributed by atoms with Crippen molar-refractivity contribution in [3.05, 3.63) is 59.1 Å². The van der Waals surface area contributed by atoms with E-state index in [1.807, 2.05) is 48.5 Å². The van der Waals surface area contributed by atoms with E-state index in [1.54, 1.807) is 7.05 Å². The smallest absolute Gasteiger partial charge is 0.245 e. The van der Waals surface area contributed by atoms with Gasteiger partial charge in [0.05, 0.1) is 13.2 Å². The Labute approximate surface area is 153 Å². The molecule has 25 heavy (non-hydrogen) atoms. The Kier molecular flexibility index (Phi) is 7.44. The number of benzene rings is 2. The second-order valence-corrected chi connectivity index (χ2v) is 6.40. The number of rotatable bonds is 8. The molecular formula is C20H24ClNO3. The van der Waals surface area contributed by atoms with Gasteiger partial charge in [-0.15, -0.1) is 0 Å². The highest BCUT2D eigenvalue weighted by atomic mass is 35.5. The van der Waals surface area contributed by atoms with Crippen molar-refractivity contribution >= 4 is 17.5 Å². The Hall–Kier alpha value is -1.88. The van der Waals surface area contributed by atoms with Crippen LogP contribution in [-0.4, -0.2) is 30.2 Å². The molecule has 134 valence electrons. The molecule has 1 amide bonds. The van der Waals surface area contributed by atoms with Crippen molar-refractivity contribution in [2.45, 2.75) is 31.8 Å². The second kappa shape index (κ2) is 9.56. The van der Waals surface area contributed by atoms with Gasteiger partial charge >= 0.3 is 0 Å². The van der Waals surface area contributed by atoms with E-state index < -0.39 is 6.10 Å². The average molecular weight is 362 g/mol. The monoisotopic (exact) mass is 361 g/mol. The molecule has 0 aliphatic carbocycles. The van der Waals surface area contributed by atoms with E-state index in [4.69, 9.17) is 16.4 Å². The average Bonchev–Trinajstić information content (AvgIpc) is 2.65. The van der Waals surface area contributed by atoms with Gasteiger partial charge in [-0.05, 0) is 41.7 Å². The standard InChI is InChI=1S/C20H24ClNO3/c1-22(25-2)20(24)6-4-3-5-19(23)17-9-7-15(8-10-17)16-11-13-18(21)14-12-16/h7-14,19,23H,3-6H2,1-2H3. The number of carbonyl (C=O) groups is 1. The van der Waals surface area contributed by atoms with Crippen LogP contribution in [0.2, 0.25) is 5.02 Å². The Balaban J connectivity index is 1.83. The van der Waals surface area contributed by atoms with Gasteiger partial charge < -0.3 is 5.11 Å². The van der Waals surface area contributed by atoms with Crippen LogP contribution in [-0.2, 0) is 9.63 Å². The van der Waals surface area contributed by atoms with Crippen molar-refractivity contribution in [3.63, 3.8) is 0 Å². The first-order valence-electron chi connectivity index (χ1n) is 8.36. The summed E-state index contributed by atoms with van der Waals surface area (Å²) in [7, 11) is 3.06. The van der Waals surface area contributed by atoms with Gasteiger partial charge in [-0.25, -0.2) is 5.06 Å². The van der Waals surface area contributed by atoms with Crippen molar-refractivity contribution in [2.24, 2.45) is 0 Å². The first-order chi connectivity index (χ1) is 12.0. The lowest BCUT2D eigenvalue weighted by Gasteiger charge is -2.14. The summed E-state index contributed by atoms with van der Waals surface area (Å²) < 4.78 is 0. The molecule has 4 nitrogen and oxygen atoms in total. The van der Waals surface area contributed by atoms with Gasteiger partial charge in [-0.3, -0.25) is 9.63 Å². The number of aliphatic hydroxyl groups excluding tert-OH is 1. The minimum atomic E-state index is -0.519. The summed E-state index contributed by atoms with van der Waals surface area (Å²) in [6.45, 7) is 0. The molecule has 1 atom stereocenters. The molecule has 5 heteroatoms. The Morgan fingerprint density at radius 1 is 1.08 bits per heavy atom. The van der Waals surface area contributed by atoms with Gasteiger partial charge in [0.15, 0.2) is 0 Å². The highest BCUT2D eigenvalue weighted by Gasteiger charge is 2.10. The van der Waals surface area contributed by atoms with E-state index in [-0.39, 0.29) is 5.91 Å². The van der Waals surface area contributed by atoms with Crippen molar-refractivity contribution in [1.29, 1.82) is 0 Å². The van der Waals surface area contributed by atoms with Gasteiger partial charge in [-0.2, -0.15) is 0 Å². The van der Waals surface area contributed by atoms with Gasteiger partial charge in [0.2, 0.25) is 5.91 Å². The van der Waals surface area contributed by atoms with Crippen LogP contribution in [0.5, 0.6) is 0 Å². The summed E-state index contributed by atoms with van der Waals surface area (Å²) >= 11 is 5.91. The molecule has 0 radical (unpaired) electrons. The number of hydrogen-bond donors (Lipinski definition) is 1. The molecule has 0 aromatic heterocycles. The first-order valence-corrected chi connectivity index (χ1v) is 8.73. The number of hydrogen-bond acceptors (Lipinski definition) is 3. The van der Waals surface area contributed by atoms with E-state index in [1.165, 1.54) is 12.2 Å². The van der Waals surface area contributed by atoms with E-state index in [9.17, 15) is 9.90 Å². The highest BCUT2D eigenvalue weighted by Crippen LogP contribution is 2.25. The fourth-order valence-corrected chi connectivity index (χ4v) is 2.71. The quantitative estimate of drug-likeness (QED) is 0.551. The normalized spacial score (nSPS) is 12.0. The van der Waals surface area contributed by atoms with E-state index in [0.717, 1.165) is 29.5 Å². The third-order valence-electron chi connectivity index (χ3n) is 4.22. The third kappa shape index (κ3) is 5.85. The first kappa shape index (κ1) is 19.4. The van der Waals surface area contributed by atoms with E-state index in [2.05, 4.69) is 0 Å². The molecule has 1 unspecified atom stereocenters. The summed E-state index contributed by atoms with van der Waals surface area (Å²) in [5.74, 6) is -0.0516. The summed E-state index contributed by atoms with van der Waals surface area (Å²) in [6, 6.07) is 15.6. The molecule has 0 heterocycles. The van der Waals surface area contributed by atoms with Crippen LogP contribution in [0.1, 0.15) is 37.4 Å². The molecule has 2 aromatic carbocycles. The van der Waals surface area contributed by atoms with Gasteiger partial charge in [0.1, 0.15) is 0 Å². The lowest BCUT2D eigenvalue weighted by molar-refractivity contribution is -0.168. The number of aliphatic hydroxyl groups is 1. The summed E-state index contributed by atoms with van der Waals surface area (Å²) in [4.78, 5) is 16.5. The molecule has 0 bridgehead atoms. The number of carbonyl (C=O) groups excluding carboxylic acids is 1. The van der Waals surface area contributed by atoms with Crippen molar-refractivity contribution in [1.82, 2.24) is 5.06 Å². The summed E-state index contributed by atoms with van der Waals surface area (Å²) in [5, 5.41) is 12.2. The zero-order valence-corrected chi connectivity index (χ0v) is 15.4. The largest absolute Gasteiger partial charge is 0.388 e. The Morgan fingerprint density at radius 3 is 2.20 bits per heavy atom. The van der Waals surface area contributed by atoms with Crippen LogP contribution >= 0.6 is 11.6 Å². The molecule has 0 fully saturated rings. The van der Waals surface area contributed by atoms with Crippen LogP contribution in [0, 0.1) is 0 Å².